The van der Waals surface area contributed by atoms with Crippen LogP contribution in [-0.4, -0.2) is 9.36 Å². The summed E-state index contributed by atoms with van der Waals surface area (Å²) in [5.41, 5.74) is 1.50. The summed E-state index contributed by atoms with van der Waals surface area (Å²) in [6, 6.07) is 2.26. The first kappa shape index (κ1) is 10.2. The van der Waals surface area contributed by atoms with Gasteiger partial charge in [0.1, 0.15) is 5.01 Å². The second kappa shape index (κ2) is 4.10. The molecule has 0 saturated heterocycles. The lowest BCUT2D eigenvalue weighted by Crippen LogP contribution is -2.08. The van der Waals surface area contributed by atoms with Gasteiger partial charge in [-0.25, -0.2) is 4.98 Å². The number of aryl methyl sites for hydroxylation is 1. The third-order valence-electron chi connectivity index (χ3n) is 2.77. The fourth-order valence-corrected chi connectivity index (χ4v) is 4.52. The molecular formula is C10H9IN2S2. The molecule has 0 aliphatic heterocycles. The lowest BCUT2D eigenvalue weighted by atomic mass is 9.88. The lowest BCUT2D eigenvalue weighted by Gasteiger charge is -2.19. The van der Waals surface area contributed by atoms with Gasteiger partial charge in [-0.2, -0.15) is 4.37 Å². The monoisotopic (exact) mass is 348 g/mol. The van der Waals surface area contributed by atoms with E-state index in [2.05, 4.69) is 43.4 Å². The molecule has 0 N–H and O–H groups in total. The predicted octanol–water partition coefficient (Wildman–Crippen LogP) is 3.67. The van der Waals surface area contributed by atoms with Gasteiger partial charge >= 0.3 is 0 Å². The summed E-state index contributed by atoms with van der Waals surface area (Å²) >= 11 is 5.63. The van der Waals surface area contributed by atoms with Crippen LogP contribution in [0.3, 0.4) is 0 Å². The van der Waals surface area contributed by atoms with Crippen molar-refractivity contribution in [3.8, 4) is 0 Å². The summed E-state index contributed by atoms with van der Waals surface area (Å²) in [7, 11) is 0. The normalized spacial score (nSPS) is 20.2. The molecule has 1 aliphatic carbocycles. The van der Waals surface area contributed by atoms with E-state index in [0.717, 1.165) is 3.83 Å². The molecule has 0 aromatic carbocycles. The number of nitrogens with zero attached hydrogens (tertiary/aromatic N) is 2. The van der Waals surface area contributed by atoms with Crippen LogP contribution in [0.5, 0.6) is 0 Å². The molecular weight excluding hydrogens is 339 g/mol. The number of rotatable bonds is 1. The maximum absolute atomic E-state index is 4.51. The lowest BCUT2D eigenvalue weighted by molar-refractivity contribution is 0.621. The summed E-state index contributed by atoms with van der Waals surface area (Å²) in [5.74, 6) is 0.515. The fraction of sp³-hybridized carbons (Fsp3) is 0.400. The van der Waals surface area contributed by atoms with Crippen LogP contribution < -0.4 is 0 Å². The Labute approximate surface area is 110 Å². The number of aromatic nitrogens is 2. The van der Waals surface area contributed by atoms with Crippen molar-refractivity contribution in [3.05, 3.63) is 30.7 Å². The Balaban J connectivity index is 2.02. The number of thiophene rings is 1. The van der Waals surface area contributed by atoms with Crippen LogP contribution in [-0.2, 0) is 6.42 Å². The van der Waals surface area contributed by atoms with Gasteiger partial charge in [0.2, 0.25) is 3.83 Å². The molecule has 1 unspecified atom stereocenters. The van der Waals surface area contributed by atoms with Crippen LogP contribution in [0.2, 0.25) is 0 Å². The smallest absolute Gasteiger partial charge is 0.203 e. The van der Waals surface area contributed by atoms with Crippen LogP contribution in [0.25, 0.3) is 0 Å². The topological polar surface area (TPSA) is 25.8 Å². The minimum absolute atomic E-state index is 0.515. The van der Waals surface area contributed by atoms with Crippen molar-refractivity contribution in [3.63, 3.8) is 0 Å². The molecule has 5 heteroatoms. The van der Waals surface area contributed by atoms with Gasteiger partial charge in [-0.1, -0.05) is 0 Å². The molecule has 1 aliphatic rings. The molecule has 15 heavy (non-hydrogen) atoms. The largest absolute Gasteiger partial charge is 0.214 e. The zero-order chi connectivity index (χ0) is 10.3. The Bertz CT molecular complexity index is 477. The van der Waals surface area contributed by atoms with Crippen LogP contribution in [0.1, 0.15) is 34.2 Å². The average Bonchev–Trinajstić information content (AvgIpc) is 2.84. The van der Waals surface area contributed by atoms with Gasteiger partial charge < -0.3 is 0 Å². The van der Waals surface area contributed by atoms with Gasteiger partial charge in [0.25, 0.3) is 0 Å². The second-order valence-corrected chi connectivity index (χ2v) is 6.39. The Morgan fingerprint density at radius 1 is 1.47 bits per heavy atom. The highest BCUT2D eigenvalue weighted by Crippen LogP contribution is 2.39. The SMILES string of the molecule is Ic1nsc(C2CCCc3sccc32)n1. The number of hydrogen-bond donors (Lipinski definition) is 0. The third-order valence-corrected chi connectivity index (χ3v) is 5.40. The van der Waals surface area contributed by atoms with E-state index in [9.17, 15) is 0 Å². The minimum Gasteiger partial charge on any atom is -0.214 e. The van der Waals surface area contributed by atoms with E-state index >= 15 is 0 Å². The fourth-order valence-electron chi connectivity index (χ4n) is 2.10. The standard InChI is InChI=1S/C10H9IN2S2/c11-10-12-9(15-13-10)7-2-1-3-8-6(7)4-5-14-8/h4-5,7H,1-3H2. The molecule has 2 nitrogen and oxygen atoms in total. The molecule has 2 heterocycles. The molecule has 0 bridgehead atoms. The van der Waals surface area contributed by atoms with E-state index in [1.54, 1.807) is 16.4 Å². The first-order valence-corrected chi connectivity index (χ1v) is 7.63. The van der Waals surface area contributed by atoms with Crippen LogP contribution >= 0.6 is 45.5 Å². The van der Waals surface area contributed by atoms with Crippen molar-refractivity contribution >= 4 is 45.5 Å². The van der Waals surface area contributed by atoms with E-state index in [1.807, 2.05) is 11.3 Å². The van der Waals surface area contributed by atoms with Gasteiger partial charge in [0.15, 0.2) is 0 Å². The summed E-state index contributed by atoms with van der Waals surface area (Å²) in [4.78, 5) is 6.06. The number of hydrogen-bond acceptors (Lipinski definition) is 4. The molecule has 0 amide bonds. The van der Waals surface area contributed by atoms with Gasteiger partial charge in [-0.05, 0) is 47.8 Å². The van der Waals surface area contributed by atoms with Gasteiger partial charge in [0.05, 0.1) is 0 Å². The van der Waals surface area contributed by atoms with Crippen molar-refractivity contribution < 1.29 is 0 Å². The van der Waals surface area contributed by atoms with Crippen LogP contribution in [0, 0.1) is 3.83 Å². The first-order valence-electron chi connectivity index (χ1n) is 4.90. The number of fused-ring (bicyclic) bond motifs is 1. The third kappa shape index (κ3) is 1.85. The molecule has 0 spiro atoms. The maximum atomic E-state index is 4.51. The Morgan fingerprint density at radius 3 is 3.20 bits per heavy atom. The summed E-state index contributed by atoms with van der Waals surface area (Å²) in [6.07, 6.45) is 3.77. The zero-order valence-electron chi connectivity index (χ0n) is 7.94. The Kier molecular flexibility index (Phi) is 2.78. The maximum Gasteiger partial charge on any atom is 0.203 e. The first-order chi connectivity index (χ1) is 7.34. The molecule has 2 aromatic rings. The van der Waals surface area contributed by atoms with Crippen LogP contribution in [0.4, 0.5) is 0 Å². The van der Waals surface area contributed by atoms with Crippen molar-refractivity contribution in [1.82, 2.24) is 9.36 Å². The van der Waals surface area contributed by atoms with E-state index in [4.69, 9.17) is 0 Å². The molecule has 3 rings (SSSR count). The highest BCUT2D eigenvalue weighted by molar-refractivity contribution is 14.1. The van der Waals surface area contributed by atoms with Gasteiger partial charge in [-0.15, -0.1) is 11.3 Å². The molecule has 0 fully saturated rings. The molecule has 78 valence electrons. The second-order valence-electron chi connectivity index (χ2n) is 3.65. The number of halogens is 1. The van der Waals surface area contributed by atoms with E-state index in [1.165, 1.54) is 29.8 Å². The minimum atomic E-state index is 0.515. The van der Waals surface area contributed by atoms with Crippen molar-refractivity contribution in [2.24, 2.45) is 0 Å². The molecule has 2 aromatic heterocycles. The van der Waals surface area contributed by atoms with E-state index in [-0.39, 0.29) is 0 Å². The highest BCUT2D eigenvalue weighted by Gasteiger charge is 2.25. The molecule has 0 radical (unpaired) electrons. The molecule has 0 saturated carbocycles. The van der Waals surface area contributed by atoms with Gasteiger partial charge in [0, 0.05) is 33.4 Å². The van der Waals surface area contributed by atoms with E-state index in [0.29, 0.717) is 5.92 Å². The molecule has 1 atom stereocenters. The zero-order valence-corrected chi connectivity index (χ0v) is 11.7. The summed E-state index contributed by atoms with van der Waals surface area (Å²) < 4.78 is 5.15. The summed E-state index contributed by atoms with van der Waals surface area (Å²) in [5, 5.41) is 3.40. The predicted molar refractivity (Wildman–Crippen MR) is 71.7 cm³/mol. The van der Waals surface area contributed by atoms with Crippen LogP contribution in [0.15, 0.2) is 11.4 Å². The quantitative estimate of drug-likeness (QED) is 0.735. The van der Waals surface area contributed by atoms with E-state index < -0.39 is 0 Å². The Morgan fingerprint density at radius 2 is 2.40 bits per heavy atom. The van der Waals surface area contributed by atoms with Crippen molar-refractivity contribution in [2.75, 3.05) is 0 Å². The Hall–Kier alpha value is -0.0100. The van der Waals surface area contributed by atoms with Crippen molar-refractivity contribution in [1.29, 1.82) is 0 Å². The van der Waals surface area contributed by atoms with Crippen molar-refractivity contribution in [2.45, 2.75) is 25.2 Å². The highest BCUT2D eigenvalue weighted by atomic mass is 127. The summed E-state index contributed by atoms with van der Waals surface area (Å²) in [6.45, 7) is 0. The average molecular weight is 348 g/mol. The van der Waals surface area contributed by atoms with Gasteiger partial charge in [-0.3, -0.25) is 0 Å².